The van der Waals surface area contributed by atoms with Crippen molar-refractivity contribution in [3.8, 4) is 0 Å². The minimum Gasteiger partial charge on any atom is -0.306 e. The lowest BCUT2D eigenvalue weighted by Crippen LogP contribution is -2.50. The van der Waals surface area contributed by atoms with Crippen molar-refractivity contribution in [2.45, 2.75) is 30.1 Å². The van der Waals surface area contributed by atoms with E-state index in [0.717, 1.165) is 22.4 Å². The topological polar surface area (TPSA) is 75.5 Å². The number of carbonyl (C=O) groups is 1. The van der Waals surface area contributed by atoms with Gasteiger partial charge in [-0.3, -0.25) is 20.2 Å². The van der Waals surface area contributed by atoms with Crippen LogP contribution in [0.5, 0.6) is 0 Å². The number of rotatable bonds is 5. The van der Waals surface area contributed by atoms with Crippen LogP contribution in [0.25, 0.3) is 0 Å². The second-order valence-electron chi connectivity index (χ2n) is 9.54. The van der Waals surface area contributed by atoms with Gasteiger partial charge in [0, 0.05) is 21.2 Å². The van der Waals surface area contributed by atoms with Gasteiger partial charge in [0.25, 0.3) is 5.91 Å². The summed E-state index contributed by atoms with van der Waals surface area (Å²) >= 11 is 6.19. The highest BCUT2D eigenvalue weighted by Gasteiger charge is 2.68. The lowest BCUT2D eigenvalue weighted by molar-refractivity contribution is -0.527. The number of nitrogens with zero attached hydrogens (tertiary/aromatic N) is 2. The lowest BCUT2D eigenvalue weighted by atomic mass is 9.74. The fraction of sp³-hybridized carbons (Fsp3) is 0.167. The summed E-state index contributed by atoms with van der Waals surface area (Å²) in [4.78, 5) is 28.9. The number of halogens is 1. The van der Waals surface area contributed by atoms with Crippen molar-refractivity contribution in [2.75, 3.05) is 4.90 Å². The lowest BCUT2D eigenvalue weighted by Gasteiger charge is -2.31. The van der Waals surface area contributed by atoms with Gasteiger partial charge in [-0.25, -0.2) is 0 Å². The molecule has 1 fully saturated rings. The first-order valence-corrected chi connectivity index (χ1v) is 12.6. The molecule has 184 valence electrons. The van der Waals surface area contributed by atoms with E-state index < -0.39 is 23.5 Å². The Bertz CT molecular complexity index is 1460. The van der Waals surface area contributed by atoms with E-state index in [1.807, 2.05) is 84.9 Å². The van der Waals surface area contributed by atoms with Crippen molar-refractivity contribution < 1.29 is 9.72 Å². The van der Waals surface area contributed by atoms with Gasteiger partial charge < -0.3 is 4.90 Å². The molecular weight excluding hydrogens is 486 g/mol. The van der Waals surface area contributed by atoms with E-state index in [1.165, 1.54) is 0 Å². The number of hydrogen-bond acceptors (Lipinski definition) is 4. The van der Waals surface area contributed by atoms with Crippen LogP contribution in [-0.4, -0.2) is 16.9 Å². The second kappa shape index (κ2) is 9.14. The molecule has 37 heavy (non-hydrogen) atoms. The van der Waals surface area contributed by atoms with Crippen molar-refractivity contribution >= 4 is 23.2 Å². The number of amides is 1. The molecule has 4 atom stereocenters. The van der Waals surface area contributed by atoms with Gasteiger partial charge >= 0.3 is 0 Å². The summed E-state index contributed by atoms with van der Waals surface area (Å²) in [6.45, 7) is 0.368. The normalized spacial score (nSPS) is 24.4. The molecule has 4 unspecified atom stereocenters. The van der Waals surface area contributed by atoms with Crippen LogP contribution in [0.4, 0.5) is 5.69 Å². The van der Waals surface area contributed by atoms with Crippen LogP contribution >= 0.6 is 11.6 Å². The third-order valence-corrected chi connectivity index (χ3v) is 7.80. The van der Waals surface area contributed by atoms with E-state index in [9.17, 15) is 14.9 Å². The summed E-state index contributed by atoms with van der Waals surface area (Å²) in [6.07, 6.45) is 0. The summed E-state index contributed by atoms with van der Waals surface area (Å²) in [7, 11) is 0. The molecule has 1 amide bonds. The van der Waals surface area contributed by atoms with Crippen molar-refractivity contribution in [3.63, 3.8) is 0 Å². The molecule has 0 radical (unpaired) electrons. The first-order valence-electron chi connectivity index (χ1n) is 12.2. The summed E-state index contributed by atoms with van der Waals surface area (Å²) in [5.74, 6) is -0.956. The second-order valence-corrected chi connectivity index (χ2v) is 9.98. The minimum atomic E-state index is -1.32. The highest BCUT2D eigenvalue weighted by atomic mass is 35.5. The number of nitrogens with one attached hydrogen (secondary N) is 1. The van der Waals surface area contributed by atoms with Gasteiger partial charge in [-0.1, -0.05) is 103 Å². The van der Waals surface area contributed by atoms with Gasteiger partial charge in [-0.2, -0.15) is 0 Å². The zero-order valence-corrected chi connectivity index (χ0v) is 20.6. The molecule has 2 heterocycles. The molecule has 1 saturated heterocycles. The van der Waals surface area contributed by atoms with E-state index in [2.05, 4.69) is 5.32 Å². The third-order valence-electron chi connectivity index (χ3n) is 7.55. The standard InChI is InChI=1S/C30H24ClN3O3/c31-23-17-15-21(16-18-23)26-28(34(36)37)27(22-11-5-2-6-12-22)32-30(26)24-13-7-8-14-25(24)33(29(30)35)19-20-9-3-1-4-10-20/h1-18,26-28,32H,19H2. The average molecular weight is 510 g/mol. The van der Waals surface area contributed by atoms with E-state index in [4.69, 9.17) is 11.6 Å². The molecule has 4 aromatic carbocycles. The fourth-order valence-electron chi connectivity index (χ4n) is 6.01. The predicted octanol–water partition coefficient (Wildman–Crippen LogP) is 5.86. The van der Waals surface area contributed by atoms with Gasteiger partial charge in [-0.15, -0.1) is 0 Å². The smallest absolute Gasteiger partial charge is 0.253 e. The number of carbonyl (C=O) groups excluding carboxylic acids is 1. The van der Waals surface area contributed by atoms with Gasteiger partial charge in [0.2, 0.25) is 6.04 Å². The number of para-hydroxylation sites is 1. The maximum Gasteiger partial charge on any atom is 0.253 e. The molecule has 2 aliphatic rings. The van der Waals surface area contributed by atoms with Crippen LogP contribution in [0.2, 0.25) is 5.02 Å². The Balaban J connectivity index is 1.57. The minimum absolute atomic E-state index is 0.192. The third kappa shape index (κ3) is 3.72. The molecule has 0 bridgehead atoms. The highest BCUT2D eigenvalue weighted by Crippen LogP contribution is 2.57. The fourth-order valence-corrected chi connectivity index (χ4v) is 6.14. The Morgan fingerprint density at radius 2 is 1.46 bits per heavy atom. The molecule has 1 N–H and O–H groups in total. The van der Waals surface area contributed by atoms with Crippen LogP contribution in [0.15, 0.2) is 109 Å². The van der Waals surface area contributed by atoms with Crippen LogP contribution in [0.1, 0.15) is 34.2 Å². The molecule has 2 aliphatic heterocycles. The molecule has 6 rings (SSSR count). The van der Waals surface area contributed by atoms with Crippen LogP contribution in [-0.2, 0) is 16.9 Å². The summed E-state index contributed by atoms with van der Waals surface area (Å²) in [6, 6.07) is 32.0. The first-order chi connectivity index (χ1) is 18.0. The number of hydrogen-bond donors (Lipinski definition) is 1. The zero-order valence-electron chi connectivity index (χ0n) is 19.8. The van der Waals surface area contributed by atoms with Crippen molar-refractivity contribution in [1.82, 2.24) is 5.32 Å². The number of nitro groups is 1. The van der Waals surface area contributed by atoms with Gasteiger partial charge in [0.15, 0.2) is 0 Å². The van der Waals surface area contributed by atoms with Crippen molar-refractivity contribution in [2.24, 2.45) is 0 Å². The van der Waals surface area contributed by atoms with Crippen molar-refractivity contribution in [1.29, 1.82) is 0 Å². The molecule has 0 aromatic heterocycles. The van der Waals surface area contributed by atoms with Crippen LogP contribution in [0, 0.1) is 10.1 Å². The van der Waals surface area contributed by atoms with E-state index in [1.54, 1.807) is 29.2 Å². The average Bonchev–Trinajstić information content (AvgIpc) is 3.40. The summed E-state index contributed by atoms with van der Waals surface area (Å²) in [5, 5.41) is 16.8. The highest BCUT2D eigenvalue weighted by molar-refractivity contribution is 6.30. The van der Waals surface area contributed by atoms with E-state index >= 15 is 0 Å². The Hall–Kier alpha value is -4.00. The Morgan fingerprint density at radius 3 is 2.14 bits per heavy atom. The van der Waals surface area contributed by atoms with E-state index in [0.29, 0.717) is 17.1 Å². The predicted molar refractivity (Wildman–Crippen MR) is 143 cm³/mol. The van der Waals surface area contributed by atoms with E-state index in [-0.39, 0.29) is 10.8 Å². The molecule has 7 heteroatoms. The molecule has 1 spiro atoms. The molecule has 0 aliphatic carbocycles. The quantitative estimate of drug-likeness (QED) is 0.270. The summed E-state index contributed by atoms with van der Waals surface area (Å²) < 4.78 is 0. The molecule has 6 nitrogen and oxygen atoms in total. The Kier molecular flexibility index (Phi) is 5.78. The number of benzene rings is 4. The number of fused-ring (bicyclic) bond motifs is 2. The zero-order chi connectivity index (χ0) is 25.6. The molecule has 4 aromatic rings. The maximum absolute atomic E-state index is 14.6. The van der Waals surface area contributed by atoms with Gasteiger partial charge in [0.05, 0.1) is 12.5 Å². The largest absolute Gasteiger partial charge is 0.306 e. The van der Waals surface area contributed by atoms with Gasteiger partial charge in [0.1, 0.15) is 11.6 Å². The maximum atomic E-state index is 14.6. The summed E-state index contributed by atoms with van der Waals surface area (Å²) in [5.41, 5.74) is 2.64. The van der Waals surface area contributed by atoms with Gasteiger partial charge in [-0.05, 0) is 34.9 Å². The van der Waals surface area contributed by atoms with Crippen LogP contribution < -0.4 is 10.2 Å². The number of anilines is 1. The molecule has 0 saturated carbocycles. The van der Waals surface area contributed by atoms with Crippen molar-refractivity contribution in [3.05, 3.63) is 147 Å². The monoisotopic (exact) mass is 509 g/mol. The van der Waals surface area contributed by atoms with Crippen LogP contribution in [0.3, 0.4) is 0 Å². The molecular formula is C30H24ClN3O3. The SMILES string of the molecule is O=C1N(Cc2ccccc2)c2ccccc2C12NC(c1ccccc1)C([N+](=O)[O-])C2c1ccc(Cl)cc1. The Morgan fingerprint density at radius 1 is 0.838 bits per heavy atom. The first kappa shape index (κ1) is 23.4. The Labute approximate surface area is 219 Å².